The number of aromatic carboxylic acids is 1. The fourth-order valence-electron chi connectivity index (χ4n) is 3.49. The number of hydrogen-bond acceptors (Lipinski definition) is 6. The van der Waals surface area contributed by atoms with Crippen molar-refractivity contribution in [1.82, 2.24) is 19.5 Å². The molecular weight excluding hydrogens is 414 g/mol. The van der Waals surface area contributed by atoms with Crippen LogP contribution in [-0.2, 0) is 0 Å². The number of nitriles is 1. The second-order valence-electron chi connectivity index (χ2n) is 7.06. The molecule has 0 aliphatic rings. The number of aromatic nitrogens is 4. The average Bonchev–Trinajstić information content (AvgIpc) is 3.41. The van der Waals surface area contributed by atoms with Crippen LogP contribution in [-0.4, -0.2) is 37.7 Å². The number of ether oxygens (including phenoxy) is 1. The molecule has 0 radical (unpaired) electrons. The number of nitrogens with zero attached hydrogens (tertiary/aromatic N) is 4. The van der Waals surface area contributed by atoms with Crippen molar-refractivity contribution >= 4 is 40.0 Å². The highest BCUT2D eigenvalue weighted by molar-refractivity contribution is 7.16. The van der Waals surface area contributed by atoms with Crippen molar-refractivity contribution < 1.29 is 14.6 Å². The summed E-state index contributed by atoms with van der Waals surface area (Å²) in [7, 11) is 1.53. The summed E-state index contributed by atoms with van der Waals surface area (Å²) in [5.74, 6) is -0.0499. The summed E-state index contributed by atoms with van der Waals surface area (Å²) < 4.78 is 7.15. The van der Waals surface area contributed by atoms with Gasteiger partial charge in [0.1, 0.15) is 21.8 Å². The van der Waals surface area contributed by atoms with Gasteiger partial charge in [0.15, 0.2) is 0 Å². The van der Waals surface area contributed by atoms with Crippen LogP contribution in [0.3, 0.4) is 0 Å². The lowest BCUT2D eigenvalue weighted by molar-refractivity contribution is 0.0702. The summed E-state index contributed by atoms with van der Waals surface area (Å²) in [5.41, 5.74) is 5.34. The van der Waals surface area contributed by atoms with Crippen LogP contribution in [0.2, 0.25) is 0 Å². The first-order chi connectivity index (χ1) is 14.8. The minimum atomic E-state index is -0.940. The Hall–Kier alpha value is -3.90. The molecule has 0 fully saturated rings. The van der Waals surface area contributed by atoms with Gasteiger partial charge in [0.05, 0.1) is 29.9 Å². The standard InChI is InChI=1S/C22H19N5O3S/c1-11-5-18(22(28)29)31-21(11)27-12(2)6-14(13(27)3)7-15(9-23)20-25-16-8-19(30-4)24-10-17(16)26-20/h5-8,10H,1-4H3,(H,25,26)(H,28,29). The number of imidazole rings is 1. The average molecular weight is 433 g/mol. The number of aryl methyl sites for hydroxylation is 2. The Labute approximate surface area is 182 Å². The molecule has 4 heterocycles. The highest BCUT2D eigenvalue weighted by Crippen LogP contribution is 2.32. The van der Waals surface area contributed by atoms with Crippen molar-refractivity contribution in [1.29, 1.82) is 5.26 Å². The number of aromatic amines is 1. The number of allylic oxidation sites excluding steroid dienone is 1. The Morgan fingerprint density at radius 1 is 1.32 bits per heavy atom. The van der Waals surface area contributed by atoms with Gasteiger partial charge in [0.2, 0.25) is 5.88 Å². The molecule has 2 N–H and O–H groups in total. The van der Waals surface area contributed by atoms with Gasteiger partial charge in [-0.15, -0.1) is 11.3 Å². The molecule has 0 aliphatic heterocycles. The van der Waals surface area contributed by atoms with E-state index in [1.807, 2.05) is 31.4 Å². The van der Waals surface area contributed by atoms with E-state index in [1.165, 1.54) is 18.4 Å². The number of carbonyl (C=O) groups is 1. The first-order valence-corrected chi connectivity index (χ1v) is 10.2. The van der Waals surface area contributed by atoms with Gasteiger partial charge in [-0.1, -0.05) is 0 Å². The van der Waals surface area contributed by atoms with Gasteiger partial charge in [-0.2, -0.15) is 5.26 Å². The summed E-state index contributed by atoms with van der Waals surface area (Å²) in [6.45, 7) is 5.79. The van der Waals surface area contributed by atoms with Crippen LogP contribution in [0.4, 0.5) is 0 Å². The maximum Gasteiger partial charge on any atom is 0.345 e. The van der Waals surface area contributed by atoms with Gasteiger partial charge in [-0.3, -0.25) is 0 Å². The molecule has 9 heteroatoms. The fraction of sp³-hybridized carbons (Fsp3) is 0.182. The molecule has 0 unspecified atom stereocenters. The van der Waals surface area contributed by atoms with E-state index in [2.05, 4.69) is 21.0 Å². The van der Waals surface area contributed by atoms with E-state index in [0.717, 1.165) is 27.5 Å². The molecular formula is C22H19N5O3S. The zero-order valence-corrected chi connectivity index (χ0v) is 18.2. The van der Waals surface area contributed by atoms with Crippen molar-refractivity contribution in [2.24, 2.45) is 0 Å². The predicted molar refractivity (Wildman–Crippen MR) is 119 cm³/mol. The molecule has 31 heavy (non-hydrogen) atoms. The van der Waals surface area contributed by atoms with E-state index >= 15 is 0 Å². The molecule has 0 aliphatic carbocycles. The maximum absolute atomic E-state index is 11.4. The number of fused-ring (bicyclic) bond motifs is 1. The SMILES string of the molecule is COc1cc2nc(C(C#N)=Cc3cc(C)n(-c4sc(C(=O)O)cc4C)c3C)[nH]c2cn1. The number of pyridine rings is 1. The summed E-state index contributed by atoms with van der Waals surface area (Å²) >= 11 is 1.23. The molecule has 0 saturated carbocycles. The third-order valence-electron chi connectivity index (χ3n) is 5.00. The topological polar surface area (TPSA) is 117 Å². The van der Waals surface area contributed by atoms with Crippen molar-refractivity contribution in [3.05, 3.63) is 57.6 Å². The largest absolute Gasteiger partial charge is 0.481 e. The number of carboxylic acids is 1. The molecule has 8 nitrogen and oxygen atoms in total. The predicted octanol–water partition coefficient (Wildman–Crippen LogP) is 4.51. The second kappa shape index (κ2) is 7.74. The third-order valence-corrected chi connectivity index (χ3v) is 6.21. The van der Waals surface area contributed by atoms with Crippen LogP contribution in [0.15, 0.2) is 24.4 Å². The van der Waals surface area contributed by atoms with E-state index < -0.39 is 5.97 Å². The van der Waals surface area contributed by atoms with Gasteiger partial charge < -0.3 is 19.4 Å². The maximum atomic E-state index is 11.4. The summed E-state index contributed by atoms with van der Waals surface area (Å²) in [6.07, 6.45) is 3.40. The zero-order chi connectivity index (χ0) is 22.3. The van der Waals surface area contributed by atoms with Gasteiger partial charge in [0.25, 0.3) is 0 Å². The Morgan fingerprint density at radius 3 is 2.74 bits per heavy atom. The normalized spacial score (nSPS) is 11.6. The van der Waals surface area contributed by atoms with Crippen LogP contribution < -0.4 is 4.74 Å². The minimum Gasteiger partial charge on any atom is -0.481 e. The number of nitrogens with one attached hydrogen (secondary N) is 1. The molecule has 0 bridgehead atoms. The Kier molecular flexibility index (Phi) is 5.09. The van der Waals surface area contributed by atoms with Crippen molar-refractivity contribution in [3.63, 3.8) is 0 Å². The Balaban J connectivity index is 1.79. The number of thiophene rings is 1. The number of methoxy groups -OCH3 is 1. The molecule has 0 atom stereocenters. The van der Waals surface area contributed by atoms with E-state index in [-0.39, 0.29) is 0 Å². The van der Waals surface area contributed by atoms with Gasteiger partial charge in [-0.05, 0) is 50.1 Å². The van der Waals surface area contributed by atoms with E-state index in [1.54, 1.807) is 24.4 Å². The lowest BCUT2D eigenvalue weighted by Crippen LogP contribution is -1.98. The monoisotopic (exact) mass is 433 g/mol. The molecule has 4 rings (SSSR count). The lowest BCUT2D eigenvalue weighted by Gasteiger charge is -2.08. The van der Waals surface area contributed by atoms with Gasteiger partial charge in [0, 0.05) is 17.5 Å². The van der Waals surface area contributed by atoms with Crippen molar-refractivity contribution in [3.8, 4) is 17.0 Å². The quantitative estimate of drug-likeness (QED) is 0.447. The summed E-state index contributed by atoms with van der Waals surface area (Å²) in [4.78, 5) is 23.4. The fourth-order valence-corrected chi connectivity index (χ4v) is 4.61. The first-order valence-electron chi connectivity index (χ1n) is 9.37. The number of carboxylic acid groups (broad SMARTS) is 1. The van der Waals surface area contributed by atoms with Gasteiger partial charge >= 0.3 is 5.97 Å². The van der Waals surface area contributed by atoms with Gasteiger partial charge in [-0.25, -0.2) is 14.8 Å². The molecule has 156 valence electrons. The first kappa shape index (κ1) is 20.4. The van der Waals surface area contributed by atoms with Crippen molar-refractivity contribution in [2.45, 2.75) is 20.8 Å². The molecule has 4 aromatic heterocycles. The van der Waals surface area contributed by atoms with E-state index in [4.69, 9.17) is 4.74 Å². The van der Waals surface area contributed by atoms with Crippen molar-refractivity contribution in [2.75, 3.05) is 7.11 Å². The van der Waals surface area contributed by atoms with E-state index in [0.29, 0.717) is 33.2 Å². The lowest BCUT2D eigenvalue weighted by atomic mass is 10.1. The summed E-state index contributed by atoms with van der Waals surface area (Å²) in [6, 6.07) is 7.56. The smallest absolute Gasteiger partial charge is 0.345 e. The zero-order valence-electron chi connectivity index (χ0n) is 17.3. The summed E-state index contributed by atoms with van der Waals surface area (Å²) in [5, 5.41) is 19.9. The highest BCUT2D eigenvalue weighted by Gasteiger charge is 2.18. The van der Waals surface area contributed by atoms with Crippen LogP contribution >= 0.6 is 11.3 Å². The molecule has 0 spiro atoms. The Morgan fingerprint density at radius 2 is 2.10 bits per heavy atom. The highest BCUT2D eigenvalue weighted by atomic mass is 32.1. The van der Waals surface area contributed by atoms with E-state index in [9.17, 15) is 15.2 Å². The molecule has 0 saturated heterocycles. The minimum absolute atomic E-state index is 0.293. The second-order valence-corrected chi connectivity index (χ2v) is 8.10. The van der Waals surface area contributed by atoms with Crippen LogP contribution in [0, 0.1) is 32.1 Å². The van der Waals surface area contributed by atoms with Crippen LogP contribution in [0.25, 0.3) is 27.7 Å². The molecule has 0 aromatic carbocycles. The molecule has 0 amide bonds. The Bertz CT molecular complexity index is 1400. The number of hydrogen-bond donors (Lipinski definition) is 2. The third kappa shape index (κ3) is 3.58. The van der Waals surface area contributed by atoms with Crippen LogP contribution in [0.5, 0.6) is 5.88 Å². The number of H-pyrrole nitrogens is 1. The number of rotatable bonds is 5. The molecule has 4 aromatic rings. The van der Waals surface area contributed by atoms with Crippen LogP contribution in [0.1, 0.15) is 38.0 Å².